The third-order valence-corrected chi connectivity index (χ3v) is 5.05. The summed E-state index contributed by atoms with van der Waals surface area (Å²) in [5, 5.41) is 11.5. The first kappa shape index (κ1) is 23.5. The number of hydrogen-bond donors (Lipinski definition) is 2. The highest BCUT2D eigenvalue weighted by Crippen LogP contribution is 2.28. The van der Waals surface area contributed by atoms with Crippen LogP contribution >= 0.6 is 24.0 Å². The average molecular weight is 511 g/mol. The third kappa shape index (κ3) is 6.90. The van der Waals surface area contributed by atoms with Crippen LogP contribution < -0.4 is 15.4 Å². The Morgan fingerprint density at radius 1 is 1.21 bits per heavy atom. The summed E-state index contributed by atoms with van der Waals surface area (Å²) >= 11 is 0. The van der Waals surface area contributed by atoms with E-state index in [4.69, 9.17) is 9.84 Å². The molecule has 1 fully saturated rings. The Morgan fingerprint density at radius 3 is 2.62 bits per heavy atom. The van der Waals surface area contributed by atoms with Gasteiger partial charge >= 0.3 is 0 Å². The Bertz CT molecular complexity index is 796. The van der Waals surface area contributed by atoms with Crippen molar-refractivity contribution in [3.63, 3.8) is 0 Å². The van der Waals surface area contributed by atoms with Crippen LogP contribution in [0.3, 0.4) is 0 Å². The molecule has 0 bridgehead atoms. The van der Waals surface area contributed by atoms with Crippen molar-refractivity contribution in [2.24, 2.45) is 4.99 Å². The van der Waals surface area contributed by atoms with E-state index in [-0.39, 0.29) is 30.1 Å². The van der Waals surface area contributed by atoms with Gasteiger partial charge in [0.15, 0.2) is 5.96 Å². The van der Waals surface area contributed by atoms with Crippen LogP contribution in [0.2, 0.25) is 0 Å². The number of halogens is 1. The lowest BCUT2D eigenvalue weighted by molar-refractivity contribution is 0.239. The molecule has 0 amide bonds. The number of rotatable bonds is 7. The molecule has 1 aliphatic carbocycles. The van der Waals surface area contributed by atoms with E-state index in [1.807, 2.05) is 13.8 Å². The Kier molecular flexibility index (Phi) is 9.26. The smallest absolute Gasteiger partial charge is 0.191 e. The van der Waals surface area contributed by atoms with Crippen molar-refractivity contribution in [2.45, 2.75) is 71.7 Å². The van der Waals surface area contributed by atoms with E-state index in [9.17, 15) is 0 Å². The summed E-state index contributed by atoms with van der Waals surface area (Å²) in [4.78, 5) is 4.33. The van der Waals surface area contributed by atoms with Gasteiger partial charge in [0.05, 0.1) is 24.4 Å². The molecule has 1 aromatic heterocycles. The molecule has 0 atom stereocenters. The van der Waals surface area contributed by atoms with E-state index < -0.39 is 0 Å². The zero-order chi connectivity index (χ0) is 19.9. The summed E-state index contributed by atoms with van der Waals surface area (Å²) in [6, 6.07) is 8.97. The molecule has 1 saturated carbocycles. The molecule has 1 heterocycles. The molecule has 2 aromatic rings. The summed E-state index contributed by atoms with van der Waals surface area (Å²) < 4.78 is 8.09. The molecule has 3 rings (SSSR count). The summed E-state index contributed by atoms with van der Waals surface area (Å²) in [7, 11) is 1.78. The van der Waals surface area contributed by atoms with Gasteiger partial charge in [-0.1, -0.05) is 25.0 Å². The number of aliphatic imine (C=N–C) groups is 1. The van der Waals surface area contributed by atoms with Gasteiger partial charge in [-0.25, -0.2) is 0 Å². The SMILES string of the molecule is CN=C(NCc1ccn(C2CCCC2)n1)NCc1ccc(C)cc1OC(C)C.I. The second-order valence-electron chi connectivity index (χ2n) is 7.78. The summed E-state index contributed by atoms with van der Waals surface area (Å²) in [6.07, 6.45) is 7.37. The van der Waals surface area contributed by atoms with Crippen LogP contribution in [-0.2, 0) is 13.1 Å². The fourth-order valence-electron chi connectivity index (χ4n) is 3.59. The largest absolute Gasteiger partial charge is 0.491 e. The molecule has 0 unspecified atom stereocenters. The van der Waals surface area contributed by atoms with Crippen LogP contribution in [0.5, 0.6) is 5.75 Å². The molecule has 1 aromatic carbocycles. The number of nitrogens with zero attached hydrogens (tertiary/aromatic N) is 3. The number of ether oxygens (including phenoxy) is 1. The van der Waals surface area contributed by atoms with Gasteiger partial charge in [-0.05, 0) is 51.3 Å². The monoisotopic (exact) mass is 511 g/mol. The van der Waals surface area contributed by atoms with Crippen LogP contribution in [0.25, 0.3) is 0 Å². The Labute approximate surface area is 191 Å². The van der Waals surface area contributed by atoms with Gasteiger partial charge in [-0.3, -0.25) is 9.67 Å². The molecule has 7 heteroatoms. The Morgan fingerprint density at radius 2 is 1.93 bits per heavy atom. The molecule has 0 radical (unpaired) electrons. The lowest BCUT2D eigenvalue weighted by atomic mass is 10.1. The van der Waals surface area contributed by atoms with Crippen molar-refractivity contribution in [1.29, 1.82) is 0 Å². The van der Waals surface area contributed by atoms with E-state index in [1.54, 1.807) is 7.05 Å². The highest BCUT2D eigenvalue weighted by molar-refractivity contribution is 14.0. The molecule has 0 spiro atoms. The number of aryl methyl sites for hydroxylation is 1. The zero-order valence-corrected chi connectivity index (χ0v) is 20.3. The van der Waals surface area contributed by atoms with E-state index in [0.717, 1.165) is 23.0 Å². The predicted octanol–water partition coefficient (Wildman–Crippen LogP) is 4.58. The number of guanidine groups is 1. The minimum atomic E-state index is 0. The highest BCUT2D eigenvalue weighted by Gasteiger charge is 2.17. The average Bonchev–Trinajstić information content (AvgIpc) is 3.34. The topological polar surface area (TPSA) is 63.5 Å². The third-order valence-electron chi connectivity index (χ3n) is 5.05. The molecule has 2 N–H and O–H groups in total. The minimum absolute atomic E-state index is 0. The van der Waals surface area contributed by atoms with Crippen molar-refractivity contribution in [3.05, 3.63) is 47.3 Å². The first-order valence-corrected chi connectivity index (χ1v) is 10.3. The minimum Gasteiger partial charge on any atom is -0.491 e. The lowest BCUT2D eigenvalue weighted by Gasteiger charge is -2.17. The summed E-state index contributed by atoms with van der Waals surface area (Å²) in [5.41, 5.74) is 3.35. The van der Waals surface area contributed by atoms with Gasteiger partial charge in [0.2, 0.25) is 0 Å². The maximum absolute atomic E-state index is 5.96. The van der Waals surface area contributed by atoms with Gasteiger partial charge in [-0.2, -0.15) is 5.10 Å². The number of nitrogens with one attached hydrogen (secondary N) is 2. The van der Waals surface area contributed by atoms with E-state index in [2.05, 4.69) is 57.7 Å². The van der Waals surface area contributed by atoms with Gasteiger partial charge in [0.25, 0.3) is 0 Å². The predicted molar refractivity (Wildman–Crippen MR) is 129 cm³/mol. The molecule has 29 heavy (non-hydrogen) atoms. The summed E-state index contributed by atoms with van der Waals surface area (Å²) in [5.74, 6) is 1.68. The fraction of sp³-hybridized carbons (Fsp3) is 0.545. The maximum atomic E-state index is 5.96. The van der Waals surface area contributed by atoms with Crippen molar-refractivity contribution in [2.75, 3.05) is 7.05 Å². The first-order chi connectivity index (χ1) is 13.5. The zero-order valence-electron chi connectivity index (χ0n) is 17.9. The lowest BCUT2D eigenvalue weighted by Crippen LogP contribution is -2.36. The Balaban J connectivity index is 0.00000300. The van der Waals surface area contributed by atoms with E-state index in [0.29, 0.717) is 19.1 Å². The highest BCUT2D eigenvalue weighted by atomic mass is 127. The van der Waals surface area contributed by atoms with Gasteiger partial charge in [0.1, 0.15) is 5.75 Å². The van der Waals surface area contributed by atoms with Crippen molar-refractivity contribution in [1.82, 2.24) is 20.4 Å². The van der Waals surface area contributed by atoms with Gasteiger partial charge < -0.3 is 15.4 Å². The quantitative estimate of drug-likeness (QED) is 0.325. The standard InChI is InChI=1S/C22H33N5O.HI/c1-16(2)28-21-13-17(3)9-10-18(21)14-24-22(23-4)25-15-19-11-12-27(26-19)20-7-5-6-8-20;/h9-13,16,20H,5-8,14-15H2,1-4H3,(H2,23,24,25);1H. The van der Waals surface area contributed by atoms with Crippen LogP contribution in [0.15, 0.2) is 35.5 Å². The van der Waals surface area contributed by atoms with Crippen LogP contribution in [0.4, 0.5) is 0 Å². The van der Waals surface area contributed by atoms with Crippen LogP contribution in [0, 0.1) is 6.92 Å². The molecular weight excluding hydrogens is 477 g/mol. The first-order valence-electron chi connectivity index (χ1n) is 10.3. The molecule has 6 nitrogen and oxygen atoms in total. The van der Waals surface area contributed by atoms with E-state index >= 15 is 0 Å². The van der Waals surface area contributed by atoms with E-state index in [1.165, 1.54) is 31.2 Å². The van der Waals surface area contributed by atoms with Crippen LogP contribution in [-0.4, -0.2) is 28.9 Å². The molecule has 0 aliphatic heterocycles. The van der Waals surface area contributed by atoms with Gasteiger partial charge in [-0.15, -0.1) is 24.0 Å². The maximum Gasteiger partial charge on any atom is 0.191 e. The number of hydrogen-bond acceptors (Lipinski definition) is 3. The molecule has 160 valence electrons. The molecule has 1 aliphatic rings. The van der Waals surface area contributed by atoms with Crippen molar-refractivity contribution in [3.8, 4) is 5.75 Å². The molecule has 0 saturated heterocycles. The van der Waals surface area contributed by atoms with Gasteiger partial charge in [0, 0.05) is 25.4 Å². The van der Waals surface area contributed by atoms with Crippen molar-refractivity contribution < 1.29 is 4.74 Å². The van der Waals surface area contributed by atoms with Crippen molar-refractivity contribution >= 4 is 29.9 Å². The fourth-order valence-corrected chi connectivity index (χ4v) is 3.59. The second kappa shape index (κ2) is 11.4. The number of aromatic nitrogens is 2. The summed E-state index contributed by atoms with van der Waals surface area (Å²) in [6.45, 7) is 7.48. The second-order valence-corrected chi connectivity index (χ2v) is 7.78. The normalized spacial score (nSPS) is 14.7. The van der Waals surface area contributed by atoms with Crippen LogP contribution in [0.1, 0.15) is 62.4 Å². The molecular formula is C22H34IN5O. The number of benzene rings is 1. The Hall–Kier alpha value is -1.77.